The van der Waals surface area contributed by atoms with Crippen molar-refractivity contribution in [2.45, 2.75) is 37.6 Å². The zero-order chi connectivity index (χ0) is 26.6. The lowest BCUT2D eigenvalue weighted by atomic mass is 10.0. The fraction of sp³-hybridized carbons (Fsp3) is 0.458. The predicted molar refractivity (Wildman–Crippen MR) is 127 cm³/mol. The van der Waals surface area contributed by atoms with Gasteiger partial charge in [-0.2, -0.15) is 4.98 Å². The normalized spacial score (nSPS) is 22.4. The van der Waals surface area contributed by atoms with Crippen molar-refractivity contribution in [2.24, 2.45) is 0 Å². The van der Waals surface area contributed by atoms with Gasteiger partial charge in [-0.05, 0) is 30.2 Å². The molecule has 0 bridgehead atoms. The summed E-state index contributed by atoms with van der Waals surface area (Å²) < 4.78 is 77.6. The SMILES string of the molecule is [2H]C1(N2CC[C@@H](Nc3nc(OC)c4c(-c5cc(F)c6ncn(CC(F)F)c6c5)ccn4n3)[C@@H](F)C2)COC1. The van der Waals surface area contributed by atoms with Gasteiger partial charge in [-0.15, -0.1) is 5.10 Å². The molecule has 5 heterocycles. The number of hydrogen-bond donors (Lipinski definition) is 1. The second-order valence-corrected chi connectivity index (χ2v) is 9.14. The van der Waals surface area contributed by atoms with Crippen LogP contribution in [-0.2, 0) is 11.3 Å². The maximum absolute atomic E-state index is 15.0. The minimum absolute atomic E-state index is 0.000567. The van der Waals surface area contributed by atoms with E-state index in [9.17, 15) is 13.2 Å². The molecular formula is C24H25F4N7O2. The number of piperidine rings is 1. The van der Waals surface area contributed by atoms with Gasteiger partial charge >= 0.3 is 0 Å². The minimum Gasteiger partial charge on any atom is -0.479 e. The van der Waals surface area contributed by atoms with Gasteiger partial charge in [0.25, 0.3) is 6.43 Å². The van der Waals surface area contributed by atoms with Crippen LogP contribution in [0.15, 0.2) is 30.7 Å². The largest absolute Gasteiger partial charge is 0.479 e. The van der Waals surface area contributed by atoms with Crippen molar-refractivity contribution >= 4 is 22.5 Å². The lowest BCUT2D eigenvalue weighted by Crippen LogP contribution is -2.57. The third kappa shape index (κ3) is 4.35. The molecule has 4 aromatic rings. The number of halogens is 4. The number of imidazole rings is 1. The maximum atomic E-state index is 15.0. The number of benzene rings is 1. The molecule has 2 fully saturated rings. The third-order valence-corrected chi connectivity index (χ3v) is 6.84. The van der Waals surface area contributed by atoms with Gasteiger partial charge in [0.1, 0.15) is 17.2 Å². The number of nitrogens with zero attached hydrogens (tertiary/aromatic N) is 6. The molecule has 13 heteroatoms. The molecule has 0 amide bonds. The van der Waals surface area contributed by atoms with E-state index >= 15 is 4.39 Å². The van der Waals surface area contributed by atoms with Crippen LogP contribution in [-0.4, -0.2) is 87.1 Å². The lowest BCUT2D eigenvalue weighted by molar-refractivity contribution is -0.0794. The summed E-state index contributed by atoms with van der Waals surface area (Å²) >= 11 is 0. The number of ether oxygens (including phenoxy) is 2. The Balaban J connectivity index is 1.30. The Morgan fingerprint density at radius 1 is 1.32 bits per heavy atom. The molecule has 0 aliphatic carbocycles. The van der Waals surface area contributed by atoms with Crippen LogP contribution < -0.4 is 10.1 Å². The number of hydrogen-bond acceptors (Lipinski definition) is 7. The second-order valence-electron chi connectivity index (χ2n) is 9.14. The fourth-order valence-electron chi connectivity index (χ4n) is 4.90. The molecule has 196 valence electrons. The second kappa shape index (κ2) is 9.45. The monoisotopic (exact) mass is 520 g/mol. The van der Waals surface area contributed by atoms with Crippen LogP contribution in [0.5, 0.6) is 5.88 Å². The van der Waals surface area contributed by atoms with E-state index in [1.54, 1.807) is 23.2 Å². The molecule has 2 atom stereocenters. The number of likely N-dealkylation sites (tertiary alicyclic amines) is 1. The summed E-state index contributed by atoms with van der Waals surface area (Å²) in [5.74, 6) is -0.318. The minimum atomic E-state index is -2.62. The summed E-state index contributed by atoms with van der Waals surface area (Å²) in [4.78, 5) is 10.1. The molecule has 0 radical (unpaired) electrons. The first-order chi connectivity index (χ1) is 18.3. The van der Waals surface area contributed by atoms with Crippen molar-refractivity contribution in [1.29, 1.82) is 0 Å². The highest BCUT2D eigenvalue weighted by molar-refractivity contribution is 5.90. The van der Waals surface area contributed by atoms with Crippen molar-refractivity contribution in [3.05, 3.63) is 36.5 Å². The first kappa shape index (κ1) is 22.7. The van der Waals surface area contributed by atoms with Gasteiger partial charge in [0, 0.05) is 24.8 Å². The van der Waals surface area contributed by atoms with Gasteiger partial charge in [0.15, 0.2) is 5.82 Å². The number of methoxy groups -OCH3 is 1. The van der Waals surface area contributed by atoms with E-state index in [4.69, 9.17) is 10.8 Å². The van der Waals surface area contributed by atoms with Crippen molar-refractivity contribution < 1.29 is 28.4 Å². The molecule has 2 aliphatic rings. The maximum Gasteiger partial charge on any atom is 0.256 e. The highest BCUT2D eigenvalue weighted by atomic mass is 19.3. The van der Waals surface area contributed by atoms with Crippen LogP contribution in [0.4, 0.5) is 23.5 Å². The summed E-state index contributed by atoms with van der Waals surface area (Å²) in [7, 11) is 1.43. The first-order valence-corrected chi connectivity index (χ1v) is 11.9. The van der Waals surface area contributed by atoms with Crippen LogP contribution in [0, 0.1) is 5.82 Å². The number of aromatic nitrogens is 5. The number of alkyl halides is 3. The summed E-state index contributed by atoms with van der Waals surface area (Å²) in [6, 6.07) is 3.13. The van der Waals surface area contributed by atoms with E-state index in [-0.39, 0.29) is 42.6 Å². The zero-order valence-corrected chi connectivity index (χ0v) is 19.9. The number of anilines is 1. The van der Waals surface area contributed by atoms with Gasteiger partial charge in [0.2, 0.25) is 11.8 Å². The number of nitrogens with one attached hydrogen (secondary N) is 1. The van der Waals surface area contributed by atoms with Crippen molar-refractivity contribution in [3.8, 4) is 17.0 Å². The molecule has 1 aromatic carbocycles. The van der Waals surface area contributed by atoms with E-state index in [1.165, 1.54) is 28.6 Å². The third-order valence-electron chi connectivity index (χ3n) is 6.84. The average molecular weight is 521 g/mol. The van der Waals surface area contributed by atoms with E-state index in [0.29, 0.717) is 29.6 Å². The highest BCUT2D eigenvalue weighted by Crippen LogP contribution is 2.34. The van der Waals surface area contributed by atoms with E-state index in [0.717, 1.165) is 0 Å². The molecular weight excluding hydrogens is 494 g/mol. The summed E-state index contributed by atoms with van der Waals surface area (Å²) in [5.41, 5.74) is 1.61. The molecule has 0 spiro atoms. The summed E-state index contributed by atoms with van der Waals surface area (Å²) in [5, 5.41) is 7.50. The molecule has 0 saturated carbocycles. The molecule has 0 unspecified atom stereocenters. The Bertz CT molecular complexity index is 1490. The Labute approximate surface area is 210 Å². The van der Waals surface area contributed by atoms with Gasteiger partial charge in [-0.1, -0.05) is 0 Å². The van der Waals surface area contributed by atoms with Crippen molar-refractivity contribution in [1.82, 2.24) is 29.0 Å². The van der Waals surface area contributed by atoms with Crippen LogP contribution in [0.3, 0.4) is 0 Å². The smallest absolute Gasteiger partial charge is 0.256 e. The van der Waals surface area contributed by atoms with Crippen molar-refractivity contribution in [3.63, 3.8) is 0 Å². The van der Waals surface area contributed by atoms with Crippen LogP contribution in [0.1, 0.15) is 7.79 Å². The first-order valence-electron chi connectivity index (χ1n) is 12.4. The summed E-state index contributed by atoms with van der Waals surface area (Å²) in [6.07, 6.45) is -0.590. The van der Waals surface area contributed by atoms with Crippen LogP contribution in [0.25, 0.3) is 27.7 Å². The standard InChI is InChI=1S/C24H25F4N7O2/c1-36-23-22-15(13-6-16(25)21-19(7-13)34(12-29-21)9-20(27)28)2-5-35(22)32-24(31-23)30-18-3-4-33(8-17(18)26)14-10-37-11-14/h2,5-7,12,14,17-18,20H,3-4,8-11H2,1H3,(H,30,32)/t17-,18+/m0/s1/i14D. The molecule has 2 aliphatic heterocycles. The quantitative estimate of drug-likeness (QED) is 0.374. The fourth-order valence-corrected chi connectivity index (χ4v) is 4.90. The molecule has 37 heavy (non-hydrogen) atoms. The van der Waals surface area contributed by atoms with E-state index < -0.39 is 37.0 Å². The Morgan fingerprint density at radius 3 is 2.86 bits per heavy atom. The lowest BCUT2D eigenvalue weighted by Gasteiger charge is -2.42. The molecule has 2 saturated heterocycles. The van der Waals surface area contributed by atoms with Crippen molar-refractivity contribution in [2.75, 3.05) is 38.7 Å². The van der Waals surface area contributed by atoms with Gasteiger partial charge in [0.05, 0.1) is 52.1 Å². The summed E-state index contributed by atoms with van der Waals surface area (Å²) in [6.45, 7) is 0.580. The Morgan fingerprint density at radius 2 is 2.16 bits per heavy atom. The van der Waals surface area contributed by atoms with Gasteiger partial charge in [-0.25, -0.2) is 27.1 Å². The van der Waals surface area contributed by atoms with Gasteiger partial charge in [-0.3, -0.25) is 4.90 Å². The molecule has 6 rings (SSSR count). The van der Waals surface area contributed by atoms with E-state index in [1.807, 2.05) is 0 Å². The zero-order valence-electron chi connectivity index (χ0n) is 20.9. The molecule has 9 nitrogen and oxygen atoms in total. The topological polar surface area (TPSA) is 81.7 Å². The van der Waals surface area contributed by atoms with Crippen LogP contribution >= 0.6 is 0 Å². The molecule has 1 N–H and O–H groups in total. The highest BCUT2D eigenvalue weighted by Gasteiger charge is 2.35. The Kier molecular flexibility index (Phi) is 5.80. The van der Waals surface area contributed by atoms with E-state index in [2.05, 4.69) is 20.4 Å². The Hall–Kier alpha value is -3.45. The number of fused-ring (bicyclic) bond motifs is 2. The average Bonchev–Trinajstić information content (AvgIpc) is 3.47. The van der Waals surface area contributed by atoms with Gasteiger partial charge < -0.3 is 19.4 Å². The van der Waals surface area contributed by atoms with Crippen LogP contribution in [0.2, 0.25) is 0 Å². The predicted octanol–water partition coefficient (Wildman–Crippen LogP) is 3.38. The molecule has 3 aromatic heterocycles. The number of rotatable bonds is 7.